The number of nitrogens with one attached hydrogen (secondary N) is 2. The lowest BCUT2D eigenvalue weighted by molar-refractivity contribution is -0.160. The SMILES string of the molecule is Cc1cc(C)c(S(=O)(=O)N2CC(C)(C)NC(=O)[C@H]2CC(=O)N([C@H](C(=O)O)[C@@H]2C(=O)NC(C)(C)CN2S(=O)(=O)c2c(C)cc(C)cc2C)[C@H]2CCc3ccccc32)c(C)c1. The van der Waals surface area contributed by atoms with Crippen molar-refractivity contribution in [2.75, 3.05) is 13.1 Å². The first-order chi connectivity index (χ1) is 27.3. The second-order valence-electron chi connectivity index (χ2n) is 17.8. The molecule has 3 aromatic carbocycles. The van der Waals surface area contributed by atoms with Gasteiger partial charge >= 0.3 is 5.97 Å². The molecule has 3 aliphatic rings. The van der Waals surface area contributed by atoms with Crippen LogP contribution in [-0.2, 0) is 45.6 Å². The number of sulfonamides is 2. The largest absolute Gasteiger partial charge is 0.480 e. The summed E-state index contributed by atoms with van der Waals surface area (Å²) >= 11 is 0. The van der Waals surface area contributed by atoms with Crippen LogP contribution in [0.15, 0.2) is 58.3 Å². The second kappa shape index (κ2) is 15.4. The average molecular weight is 850 g/mol. The number of hydrogen-bond acceptors (Lipinski definition) is 8. The van der Waals surface area contributed by atoms with Crippen LogP contribution in [0.3, 0.4) is 0 Å². The Hall–Kier alpha value is -4.64. The fraction of sp³-hybridized carbons (Fsp3) is 0.488. The number of hydrogen-bond donors (Lipinski definition) is 3. The van der Waals surface area contributed by atoms with Gasteiger partial charge in [0.05, 0.1) is 22.3 Å². The molecule has 0 spiro atoms. The molecule has 2 fully saturated rings. The van der Waals surface area contributed by atoms with Gasteiger partial charge in [0.1, 0.15) is 12.1 Å². The van der Waals surface area contributed by atoms with Crippen molar-refractivity contribution in [1.29, 1.82) is 0 Å². The molecule has 2 saturated heterocycles. The van der Waals surface area contributed by atoms with E-state index in [0.29, 0.717) is 34.2 Å². The van der Waals surface area contributed by atoms with Gasteiger partial charge < -0.3 is 20.6 Å². The van der Waals surface area contributed by atoms with Gasteiger partial charge in [0.15, 0.2) is 6.04 Å². The van der Waals surface area contributed by atoms with Gasteiger partial charge in [0.2, 0.25) is 37.8 Å². The Kier molecular flexibility index (Phi) is 11.5. The number of carbonyl (C=O) groups is 4. The van der Waals surface area contributed by atoms with E-state index in [-0.39, 0.29) is 29.3 Å². The summed E-state index contributed by atoms with van der Waals surface area (Å²) in [6.45, 7) is 16.3. The van der Waals surface area contributed by atoms with E-state index in [9.17, 15) is 36.3 Å². The smallest absolute Gasteiger partial charge is 0.328 e. The fourth-order valence-corrected chi connectivity index (χ4v) is 13.9. The molecule has 2 heterocycles. The number of nitrogens with zero attached hydrogens (tertiary/aromatic N) is 3. The maximum Gasteiger partial charge on any atom is 0.328 e. The van der Waals surface area contributed by atoms with E-state index >= 15 is 4.79 Å². The molecule has 0 unspecified atom stereocenters. The van der Waals surface area contributed by atoms with Gasteiger partial charge in [-0.15, -0.1) is 0 Å². The number of amides is 3. The zero-order valence-corrected chi connectivity index (χ0v) is 37.0. The Bertz CT molecular complexity index is 2440. The number of fused-ring (bicyclic) bond motifs is 1. The van der Waals surface area contributed by atoms with Crippen molar-refractivity contribution in [3.63, 3.8) is 0 Å². The fourth-order valence-electron chi connectivity index (χ4n) is 9.54. The first-order valence-electron chi connectivity index (χ1n) is 19.7. The molecule has 3 N–H and O–H groups in total. The van der Waals surface area contributed by atoms with Gasteiger partial charge in [-0.3, -0.25) is 14.4 Å². The Labute approximate surface area is 347 Å². The lowest BCUT2D eigenvalue weighted by Crippen LogP contribution is -2.72. The number of benzene rings is 3. The van der Waals surface area contributed by atoms with Gasteiger partial charge in [-0.2, -0.15) is 8.61 Å². The molecule has 3 aromatic rings. The number of piperazine rings is 2. The average Bonchev–Trinajstić information content (AvgIpc) is 3.50. The Morgan fingerprint density at radius 3 is 1.73 bits per heavy atom. The summed E-state index contributed by atoms with van der Waals surface area (Å²) in [6, 6.07) is 7.33. The van der Waals surface area contributed by atoms with Gasteiger partial charge in [0, 0.05) is 24.2 Å². The molecule has 6 rings (SSSR count). The van der Waals surface area contributed by atoms with Gasteiger partial charge in [-0.1, -0.05) is 59.7 Å². The third-order valence-electron chi connectivity index (χ3n) is 11.5. The molecule has 16 heteroatoms. The lowest BCUT2D eigenvalue weighted by Gasteiger charge is -2.48. The second-order valence-corrected chi connectivity index (χ2v) is 21.5. The predicted octanol–water partition coefficient (Wildman–Crippen LogP) is 4.13. The molecule has 14 nitrogen and oxygen atoms in total. The third-order valence-corrected chi connectivity index (χ3v) is 15.8. The Balaban J connectivity index is 1.52. The minimum absolute atomic E-state index is 0.0000650. The van der Waals surface area contributed by atoms with Crippen LogP contribution in [0.2, 0.25) is 0 Å². The van der Waals surface area contributed by atoms with Crippen molar-refractivity contribution >= 4 is 43.7 Å². The molecular weight excluding hydrogens is 795 g/mol. The number of carboxylic acids is 1. The molecule has 318 valence electrons. The van der Waals surface area contributed by atoms with E-state index in [2.05, 4.69) is 10.6 Å². The van der Waals surface area contributed by atoms with E-state index in [0.717, 1.165) is 30.2 Å². The highest BCUT2D eigenvalue weighted by molar-refractivity contribution is 7.89. The summed E-state index contributed by atoms with van der Waals surface area (Å²) in [7, 11) is -9.06. The van der Waals surface area contributed by atoms with Crippen molar-refractivity contribution < 1.29 is 41.1 Å². The highest BCUT2D eigenvalue weighted by Crippen LogP contribution is 2.41. The topological polar surface area (TPSA) is 191 Å². The number of aryl methyl sites for hydroxylation is 7. The molecular formula is C43H55N5O9S2. The van der Waals surface area contributed by atoms with Gasteiger partial charge in [-0.25, -0.2) is 21.6 Å². The summed E-state index contributed by atoms with van der Waals surface area (Å²) in [6.07, 6.45) is -0.128. The van der Waals surface area contributed by atoms with Crippen LogP contribution in [0.1, 0.15) is 91.1 Å². The van der Waals surface area contributed by atoms with E-state index in [1.807, 2.05) is 26.0 Å². The van der Waals surface area contributed by atoms with E-state index in [1.54, 1.807) is 91.8 Å². The van der Waals surface area contributed by atoms with Crippen LogP contribution in [0.4, 0.5) is 0 Å². The lowest BCUT2D eigenvalue weighted by atomic mass is 9.93. The normalized spacial score (nSPS) is 22.6. The highest BCUT2D eigenvalue weighted by atomic mass is 32.2. The summed E-state index contributed by atoms with van der Waals surface area (Å²) in [5.74, 6) is -4.26. The maximum absolute atomic E-state index is 15.3. The quantitative estimate of drug-likeness (QED) is 0.269. The van der Waals surface area contributed by atoms with Gasteiger partial charge in [0.25, 0.3) is 0 Å². The van der Waals surface area contributed by atoms with Crippen molar-refractivity contribution in [2.45, 2.75) is 134 Å². The third kappa shape index (κ3) is 8.16. The van der Waals surface area contributed by atoms with Crippen LogP contribution in [0.5, 0.6) is 0 Å². The molecule has 0 radical (unpaired) electrons. The minimum Gasteiger partial charge on any atom is -0.480 e. The number of carbonyl (C=O) groups excluding carboxylic acids is 3. The highest BCUT2D eigenvalue weighted by Gasteiger charge is 2.56. The Morgan fingerprint density at radius 2 is 1.22 bits per heavy atom. The van der Waals surface area contributed by atoms with Gasteiger partial charge in [-0.05, 0) is 115 Å². The van der Waals surface area contributed by atoms with E-state index in [1.165, 1.54) is 0 Å². The molecule has 0 saturated carbocycles. The molecule has 59 heavy (non-hydrogen) atoms. The molecule has 0 bridgehead atoms. The van der Waals surface area contributed by atoms with Crippen molar-refractivity contribution in [2.24, 2.45) is 0 Å². The van der Waals surface area contributed by atoms with Crippen LogP contribution in [0, 0.1) is 41.5 Å². The monoisotopic (exact) mass is 849 g/mol. The zero-order valence-electron chi connectivity index (χ0n) is 35.3. The van der Waals surface area contributed by atoms with Crippen LogP contribution < -0.4 is 10.6 Å². The number of carboxylic acid groups (broad SMARTS) is 1. The van der Waals surface area contributed by atoms with E-state index in [4.69, 9.17) is 0 Å². The summed E-state index contributed by atoms with van der Waals surface area (Å²) in [4.78, 5) is 58.6. The first kappa shape index (κ1) is 43.9. The van der Waals surface area contributed by atoms with Crippen LogP contribution in [-0.4, -0.2) is 101 Å². The Morgan fingerprint density at radius 1 is 0.763 bits per heavy atom. The van der Waals surface area contributed by atoms with Crippen molar-refractivity contribution in [3.05, 3.63) is 93.0 Å². The zero-order chi connectivity index (χ0) is 43.7. The summed E-state index contributed by atoms with van der Waals surface area (Å²) in [5.41, 5.74) is 2.62. The van der Waals surface area contributed by atoms with Crippen molar-refractivity contribution in [1.82, 2.24) is 24.1 Å². The summed E-state index contributed by atoms with van der Waals surface area (Å²) in [5, 5.41) is 16.9. The van der Waals surface area contributed by atoms with Crippen molar-refractivity contribution in [3.8, 4) is 0 Å². The number of rotatable bonds is 10. The molecule has 2 aliphatic heterocycles. The predicted molar refractivity (Wildman–Crippen MR) is 221 cm³/mol. The molecule has 0 aromatic heterocycles. The molecule has 3 amide bonds. The van der Waals surface area contributed by atoms with Crippen LogP contribution >= 0.6 is 0 Å². The number of aliphatic carboxylic acids is 1. The first-order valence-corrected chi connectivity index (χ1v) is 22.6. The maximum atomic E-state index is 15.3. The molecule has 1 aliphatic carbocycles. The summed E-state index contributed by atoms with van der Waals surface area (Å²) < 4.78 is 61.2. The standard InChI is InChI=1S/C43H55N5O9S2/c1-24-17-26(3)37(27(4)18-24)58(54,55)46-22-42(7,8)44-39(50)33(46)21-34(49)48(32-16-15-30-13-11-12-14-31(30)32)36(41(52)53)35-40(51)45-43(9,10)23-47(35)59(56,57)38-28(5)19-25(2)20-29(38)6/h11-14,17-20,32-33,35-36H,15-16,21-23H2,1-10H3,(H,44,50)(H,45,51)(H,52,53)/t32-,33+,35+,36-/m0/s1. The molecule has 4 atom stereocenters. The minimum atomic E-state index is -4.61. The van der Waals surface area contributed by atoms with E-state index < -0.39 is 85.4 Å². The van der Waals surface area contributed by atoms with Crippen LogP contribution in [0.25, 0.3) is 0 Å².